The van der Waals surface area contributed by atoms with Gasteiger partial charge in [0.2, 0.25) is 5.88 Å². The molecule has 0 aliphatic carbocycles. The zero-order chi connectivity index (χ0) is 19.1. The van der Waals surface area contributed by atoms with Crippen molar-refractivity contribution in [2.45, 2.75) is 13.1 Å². The Bertz CT molecular complexity index is 744. The van der Waals surface area contributed by atoms with E-state index < -0.39 is 0 Å². The Hall–Kier alpha value is -2.87. The first kappa shape index (κ1) is 18.9. The van der Waals surface area contributed by atoms with Gasteiger partial charge >= 0.3 is 6.03 Å². The first-order valence-electron chi connectivity index (χ1n) is 9.03. The number of carbonyl (C=O) groups excluding carboxylic acids is 1. The van der Waals surface area contributed by atoms with E-state index in [2.05, 4.69) is 37.4 Å². The van der Waals surface area contributed by atoms with Gasteiger partial charge < -0.3 is 25.2 Å². The van der Waals surface area contributed by atoms with Gasteiger partial charge in [0.15, 0.2) is 0 Å². The fourth-order valence-electron chi connectivity index (χ4n) is 2.93. The Balaban J connectivity index is 1.51. The van der Waals surface area contributed by atoms with E-state index in [1.807, 2.05) is 18.2 Å². The second-order valence-electron chi connectivity index (χ2n) is 6.52. The number of ether oxygens (including phenoxy) is 1. The van der Waals surface area contributed by atoms with Crippen LogP contribution < -0.4 is 20.3 Å². The van der Waals surface area contributed by atoms with Crippen LogP contribution in [0.4, 0.5) is 10.6 Å². The fourth-order valence-corrected chi connectivity index (χ4v) is 2.93. The van der Waals surface area contributed by atoms with Crippen LogP contribution >= 0.6 is 0 Å². The lowest BCUT2D eigenvalue weighted by Crippen LogP contribution is -2.45. The predicted molar refractivity (Wildman–Crippen MR) is 104 cm³/mol. The first-order chi connectivity index (χ1) is 13.2. The second-order valence-corrected chi connectivity index (χ2v) is 6.52. The molecule has 0 aromatic carbocycles. The maximum Gasteiger partial charge on any atom is 0.315 e. The van der Waals surface area contributed by atoms with E-state index >= 15 is 0 Å². The lowest BCUT2D eigenvalue weighted by atomic mass is 10.2. The normalized spacial score (nSPS) is 14.7. The number of hydrogen-bond donors (Lipinski definition) is 2. The van der Waals surface area contributed by atoms with Crippen molar-refractivity contribution < 1.29 is 9.53 Å². The van der Waals surface area contributed by atoms with Crippen LogP contribution in [0.3, 0.4) is 0 Å². The molecule has 3 heterocycles. The average Bonchev–Trinajstić information content (AvgIpc) is 2.72. The molecule has 0 unspecified atom stereocenters. The number of hydrogen-bond acceptors (Lipinski definition) is 6. The van der Waals surface area contributed by atoms with Gasteiger partial charge in [-0.05, 0) is 18.7 Å². The van der Waals surface area contributed by atoms with E-state index in [1.54, 1.807) is 25.6 Å². The van der Waals surface area contributed by atoms with Gasteiger partial charge in [-0.3, -0.25) is 0 Å². The maximum absolute atomic E-state index is 12.1. The Morgan fingerprint density at radius 3 is 2.59 bits per heavy atom. The highest BCUT2D eigenvalue weighted by atomic mass is 16.5. The third-order valence-corrected chi connectivity index (χ3v) is 4.57. The first-order valence-corrected chi connectivity index (χ1v) is 9.03. The quantitative estimate of drug-likeness (QED) is 0.796. The molecule has 1 aliphatic rings. The number of methoxy groups -OCH3 is 1. The summed E-state index contributed by atoms with van der Waals surface area (Å²) >= 11 is 0. The number of anilines is 1. The molecule has 8 nitrogen and oxygen atoms in total. The molecule has 8 heteroatoms. The highest BCUT2D eigenvalue weighted by Crippen LogP contribution is 2.18. The van der Waals surface area contributed by atoms with Crippen LogP contribution in [0.25, 0.3) is 0 Å². The average molecular weight is 370 g/mol. The summed E-state index contributed by atoms with van der Waals surface area (Å²) in [7, 11) is 3.70. The van der Waals surface area contributed by atoms with Gasteiger partial charge in [0.25, 0.3) is 0 Å². The largest absolute Gasteiger partial charge is 0.481 e. The molecule has 3 rings (SSSR count). The molecule has 2 N–H and O–H groups in total. The van der Waals surface area contributed by atoms with Crippen molar-refractivity contribution in [1.82, 2.24) is 25.5 Å². The molecule has 0 saturated carbocycles. The van der Waals surface area contributed by atoms with Gasteiger partial charge in [0, 0.05) is 63.3 Å². The number of aromatic nitrogens is 2. The van der Waals surface area contributed by atoms with Crippen LogP contribution in [0.5, 0.6) is 5.88 Å². The molecule has 27 heavy (non-hydrogen) atoms. The lowest BCUT2D eigenvalue weighted by molar-refractivity contribution is 0.240. The number of likely N-dealkylation sites (N-methyl/N-ethyl adjacent to an activating group) is 1. The minimum Gasteiger partial charge on any atom is -0.481 e. The molecule has 0 bridgehead atoms. The molecule has 1 aliphatic heterocycles. The summed E-state index contributed by atoms with van der Waals surface area (Å²) in [5, 5.41) is 5.75. The van der Waals surface area contributed by atoms with Gasteiger partial charge in [-0.1, -0.05) is 12.1 Å². The van der Waals surface area contributed by atoms with Crippen LogP contribution in [-0.2, 0) is 13.1 Å². The molecule has 2 aromatic rings. The zero-order valence-corrected chi connectivity index (χ0v) is 15.8. The molecular formula is C19H26N6O2. The van der Waals surface area contributed by atoms with Crippen LogP contribution in [0.2, 0.25) is 0 Å². The highest BCUT2D eigenvalue weighted by Gasteiger charge is 2.18. The van der Waals surface area contributed by atoms with Crippen molar-refractivity contribution in [2.75, 3.05) is 45.2 Å². The van der Waals surface area contributed by atoms with E-state index in [9.17, 15) is 4.79 Å². The monoisotopic (exact) mass is 370 g/mol. The van der Waals surface area contributed by atoms with Crippen molar-refractivity contribution >= 4 is 11.8 Å². The molecule has 2 aromatic heterocycles. The van der Waals surface area contributed by atoms with Crippen molar-refractivity contribution in [3.05, 3.63) is 47.8 Å². The minimum absolute atomic E-state index is 0.223. The third kappa shape index (κ3) is 5.30. The topological polar surface area (TPSA) is 82.6 Å². The number of rotatable bonds is 6. The summed E-state index contributed by atoms with van der Waals surface area (Å²) in [6, 6.07) is 7.33. The van der Waals surface area contributed by atoms with Gasteiger partial charge in [-0.15, -0.1) is 0 Å². The van der Waals surface area contributed by atoms with E-state index in [0.29, 0.717) is 19.0 Å². The Kier molecular flexibility index (Phi) is 6.43. The van der Waals surface area contributed by atoms with Crippen molar-refractivity contribution in [2.24, 2.45) is 0 Å². The van der Waals surface area contributed by atoms with Crippen LogP contribution in [0, 0.1) is 0 Å². The SMILES string of the molecule is COc1ccc(CNC(=O)NCc2cccnc2N2CCN(C)CC2)cn1. The van der Waals surface area contributed by atoms with E-state index in [0.717, 1.165) is 43.1 Å². The number of pyridine rings is 2. The van der Waals surface area contributed by atoms with Crippen LogP contribution in [-0.4, -0.2) is 61.2 Å². The summed E-state index contributed by atoms with van der Waals surface area (Å²) in [5.74, 6) is 1.50. The molecule has 144 valence electrons. The number of nitrogens with zero attached hydrogens (tertiary/aromatic N) is 4. The maximum atomic E-state index is 12.1. The van der Waals surface area contributed by atoms with Crippen LogP contribution in [0.15, 0.2) is 36.7 Å². The minimum atomic E-state index is -0.223. The second kappa shape index (κ2) is 9.18. The third-order valence-electron chi connectivity index (χ3n) is 4.57. The predicted octanol–water partition coefficient (Wildman–Crippen LogP) is 1.24. The van der Waals surface area contributed by atoms with Crippen molar-refractivity contribution in [3.8, 4) is 5.88 Å². The summed E-state index contributed by atoms with van der Waals surface area (Å²) in [6.45, 7) is 4.75. The molecule has 0 radical (unpaired) electrons. The van der Waals surface area contributed by atoms with E-state index in [-0.39, 0.29) is 6.03 Å². The molecule has 0 spiro atoms. The summed E-state index contributed by atoms with van der Waals surface area (Å²) < 4.78 is 5.03. The number of amides is 2. The standard InChI is InChI=1S/C19H26N6O2/c1-24-8-10-25(11-9-24)18-16(4-3-7-20-18)14-23-19(26)22-13-15-5-6-17(27-2)21-12-15/h3-7,12H,8-11,13-14H2,1-2H3,(H2,22,23,26). The highest BCUT2D eigenvalue weighted by molar-refractivity contribution is 5.74. The molecule has 0 atom stereocenters. The van der Waals surface area contributed by atoms with Gasteiger partial charge in [-0.2, -0.15) is 0 Å². The van der Waals surface area contributed by atoms with Gasteiger partial charge in [0.05, 0.1) is 7.11 Å². The lowest BCUT2D eigenvalue weighted by Gasteiger charge is -2.34. The van der Waals surface area contributed by atoms with Crippen LogP contribution in [0.1, 0.15) is 11.1 Å². The summed E-state index contributed by atoms with van der Waals surface area (Å²) in [6.07, 6.45) is 3.49. The van der Waals surface area contributed by atoms with Crippen molar-refractivity contribution in [3.63, 3.8) is 0 Å². The Morgan fingerprint density at radius 1 is 1.11 bits per heavy atom. The number of carbonyl (C=O) groups is 1. The molecule has 1 fully saturated rings. The van der Waals surface area contributed by atoms with Crippen molar-refractivity contribution in [1.29, 1.82) is 0 Å². The Morgan fingerprint density at radius 2 is 1.89 bits per heavy atom. The smallest absolute Gasteiger partial charge is 0.315 e. The number of urea groups is 1. The molecule has 1 saturated heterocycles. The van der Waals surface area contributed by atoms with E-state index in [1.165, 1.54) is 0 Å². The number of piperazine rings is 1. The van der Waals surface area contributed by atoms with Gasteiger partial charge in [-0.25, -0.2) is 14.8 Å². The molecule has 2 amide bonds. The molecular weight excluding hydrogens is 344 g/mol. The van der Waals surface area contributed by atoms with Gasteiger partial charge in [0.1, 0.15) is 5.82 Å². The number of nitrogens with one attached hydrogen (secondary N) is 2. The van der Waals surface area contributed by atoms with E-state index in [4.69, 9.17) is 4.74 Å². The Labute approximate surface area is 159 Å². The summed E-state index contributed by atoms with van der Waals surface area (Å²) in [4.78, 5) is 25.4. The summed E-state index contributed by atoms with van der Waals surface area (Å²) in [5.41, 5.74) is 1.92. The fraction of sp³-hybridized carbons (Fsp3) is 0.421. The zero-order valence-electron chi connectivity index (χ0n) is 15.8.